The van der Waals surface area contributed by atoms with Gasteiger partial charge in [0.25, 0.3) is 5.91 Å². The van der Waals surface area contributed by atoms with Gasteiger partial charge in [-0.15, -0.1) is 5.10 Å². The molecule has 0 radical (unpaired) electrons. The van der Waals surface area contributed by atoms with E-state index in [-0.39, 0.29) is 22.0 Å². The number of nitrogens with one attached hydrogen (secondary N) is 2. The molecule has 0 fully saturated rings. The summed E-state index contributed by atoms with van der Waals surface area (Å²) in [6.45, 7) is 6.85. The lowest BCUT2D eigenvalue weighted by Gasteiger charge is -2.16. The SMILES string of the molecule is C=N/C(Cl)=C(\C=C/C)[C@@H](C)OC(=O)Nc1c(-c2ccc(NC(=O)c3ccnc(Cl)c3)cn2)nnn1C. The van der Waals surface area contributed by atoms with E-state index in [1.54, 1.807) is 51.2 Å². The van der Waals surface area contributed by atoms with Crippen molar-refractivity contribution >= 4 is 53.4 Å². The quantitative estimate of drug-likeness (QED) is 0.184. The number of aryl methyl sites for hydroxylation is 1. The Morgan fingerprint density at radius 1 is 1.25 bits per heavy atom. The average molecular weight is 529 g/mol. The Hall–Kier alpha value is -4.09. The van der Waals surface area contributed by atoms with Crippen molar-refractivity contribution in [2.24, 2.45) is 12.0 Å². The number of nitrogens with zero attached hydrogens (tertiary/aromatic N) is 6. The number of halogens is 2. The van der Waals surface area contributed by atoms with Crippen LogP contribution in [0.5, 0.6) is 0 Å². The summed E-state index contributed by atoms with van der Waals surface area (Å²) in [6.07, 6.45) is 4.85. The highest BCUT2D eigenvalue weighted by atomic mass is 35.5. The maximum atomic E-state index is 12.6. The van der Waals surface area contributed by atoms with Crippen molar-refractivity contribution in [1.29, 1.82) is 0 Å². The van der Waals surface area contributed by atoms with E-state index >= 15 is 0 Å². The minimum Gasteiger partial charge on any atom is -0.441 e. The largest absolute Gasteiger partial charge is 0.441 e. The summed E-state index contributed by atoms with van der Waals surface area (Å²) in [5.41, 5.74) is 1.99. The van der Waals surface area contributed by atoms with Gasteiger partial charge in [-0.1, -0.05) is 40.6 Å². The predicted molar refractivity (Wildman–Crippen MR) is 138 cm³/mol. The molecule has 0 aliphatic carbocycles. The number of amides is 2. The van der Waals surface area contributed by atoms with Crippen molar-refractivity contribution in [2.75, 3.05) is 10.6 Å². The first-order valence-corrected chi connectivity index (χ1v) is 11.2. The van der Waals surface area contributed by atoms with Crippen LogP contribution in [0.15, 0.2) is 64.5 Å². The Morgan fingerprint density at radius 2 is 2.03 bits per heavy atom. The first-order chi connectivity index (χ1) is 17.2. The van der Waals surface area contributed by atoms with Crippen LogP contribution in [0.2, 0.25) is 5.15 Å². The van der Waals surface area contributed by atoms with Crippen LogP contribution in [0.1, 0.15) is 24.2 Å². The van der Waals surface area contributed by atoms with Crippen LogP contribution in [0, 0.1) is 0 Å². The second-order valence-corrected chi connectivity index (χ2v) is 7.99. The number of aromatic nitrogens is 5. The molecule has 0 unspecified atom stereocenters. The van der Waals surface area contributed by atoms with Crippen molar-refractivity contribution in [3.63, 3.8) is 0 Å². The average Bonchev–Trinajstić information content (AvgIpc) is 3.22. The summed E-state index contributed by atoms with van der Waals surface area (Å²) < 4.78 is 6.81. The van der Waals surface area contributed by atoms with Crippen LogP contribution in [0.25, 0.3) is 11.4 Å². The zero-order valence-corrected chi connectivity index (χ0v) is 21.1. The molecule has 3 rings (SSSR count). The van der Waals surface area contributed by atoms with E-state index in [1.807, 2.05) is 0 Å². The third-order valence-electron chi connectivity index (χ3n) is 4.75. The first kappa shape index (κ1) is 26.5. The molecule has 13 heteroatoms. The van der Waals surface area contributed by atoms with Crippen LogP contribution in [0.4, 0.5) is 16.3 Å². The Bertz CT molecular complexity index is 1340. The van der Waals surface area contributed by atoms with Gasteiger partial charge in [0.15, 0.2) is 11.5 Å². The Morgan fingerprint density at radius 3 is 2.67 bits per heavy atom. The predicted octanol–water partition coefficient (Wildman–Crippen LogP) is 4.84. The number of aliphatic imine (C=N–C) groups is 1. The van der Waals surface area contributed by atoms with Gasteiger partial charge < -0.3 is 10.1 Å². The summed E-state index contributed by atoms with van der Waals surface area (Å²) >= 11 is 11.9. The highest BCUT2D eigenvalue weighted by Crippen LogP contribution is 2.25. The molecule has 186 valence electrons. The lowest BCUT2D eigenvalue weighted by Crippen LogP contribution is -2.23. The van der Waals surface area contributed by atoms with E-state index in [2.05, 4.69) is 42.6 Å². The van der Waals surface area contributed by atoms with Gasteiger partial charge in [-0.05, 0) is 44.8 Å². The van der Waals surface area contributed by atoms with E-state index < -0.39 is 12.2 Å². The lowest BCUT2D eigenvalue weighted by molar-refractivity contribution is 0.102. The molecule has 0 spiro atoms. The highest BCUT2D eigenvalue weighted by molar-refractivity contribution is 6.30. The number of ether oxygens (including phenoxy) is 1. The Labute approximate surface area is 216 Å². The van der Waals surface area contributed by atoms with Crippen molar-refractivity contribution < 1.29 is 14.3 Å². The van der Waals surface area contributed by atoms with Gasteiger partial charge in [0.05, 0.1) is 17.6 Å². The first-order valence-electron chi connectivity index (χ1n) is 10.5. The molecule has 3 aromatic heterocycles. The smallest absolute Gasteiger partial charge is 0.413 e. The fraction of sp³-hybridized carbons (Fsp3) is 0.174. The zero-order valence-electron chi connectivity index (χ0n) is 19.6. The van der Waals surface area contributed by atoms with Crippen molar-refractivity contribution in [3.05, 3.63) is 70.3 Å². The summed E-state index contributed by atoms with van der Waals surface area (Å²) in [7, 11) is 1.60. The van der Waals surface area contributed by atoms with Crippen molar-refractivity contribution in [2.45, 2.75) is 20.0 Å². The minimum absolute atomic E-state index is 0.125. The van der Waals surface area contributed by atoms with Gasteiger partial charge in [-0.3, -0.25) is 20.1 Å². The van der Waals surface area contributed by atoms with E-state index in [9.17, 15) is 9.59 Å². The standard InChI is InChI=1S/C23H22Cl2N8O3/c1-5-6-16(20(25)26-3)13(2)36-23(35)30-21-19(31-32-33(21)4)17-8-7-15(12-28-17)29-22(34)14-9-10-27-18(24)11-14/h5-13H,3H2,1-2,4H3,(H,29,34)(H,30,35)/b6-5-,20-16+/t13-/m1/s1. The Balaban J connectivity index is 1.73. The molecule has 0 saturated carbocycles. The highest BCUT2D eigenvalue weighted by Gasteiger charge is 2.20. The molecule has 2 amide bonds. The van der Waals surface area contributed by atoms with Gasteiger partial charge in [0.1, 0.15) is 16.4 Å². The molecule has 0 bridgehead atoms. The minimum atomic E-state index is -0.760. The topological polar surface area (TPSA) is 136 Å². The van der Waals surface area contributed by atoms with Crippen LogP contribution in [0.3, 0.4) is 0 Å². The molecule has 2 N–H and O–H groups in total. The number of hydrogen-bond donors (Lipinski definition) is 2. The number of pyridine rings is 2. The van der Waals surface area contributed by atoms with Crippen molar-refractivity contribution in [3.8, 4) is 11.4 Å². The second-order valence-electron chi connectivity index (χ2n) is 7.24. The molecule has 0 aromatic carbocycles. The zero-order chi connectivity index (χ0) is 26.2. The molecule has 11 nitrogen and oxygen atoms in total. The maximum absolute atomic E-state index is 12.6. The number of carbonyl (C=O) groups is 2. The molecule has 3 aromatic rings. The van der Waals surface area contributed by atoms with Gasteiger partial charge in [-0.2, -0.15) is 0 Å². The van der Waals surface area contributed by atoms with E-state index in [0.29, 0.717) is 28.2 Å². The summed E-state index contributed by atoms with van der Waals surface area (Å²) in [4.78, 5) is 36.9. The van der Waals surface area contributed by atoms with Crippen LogP contribution < -0.4 is 10.6 Å². The number of anilines is 2. The normalized spacial score (nSPS) is 12.6. The summed E-state index contributed by atoms with van der Waals surface area (Å²) in [5, 5.41) is 13.7. The van der Waals surface area contributed by atoms with Gasteiger partial charge in [0, 0.05) is 24.4 Å². The Kier molecular flexibility index (Phi) is 8.87. The number of rotatable bonds is 8. The molecular weight excluding hydrogens is 507 g/mol. The monoisotopic (exact) mass is 528 g/mol. The molecule has 0 saturated heterocycles. The van der Waals surface area contributed by atoms with E-state index in [4.69, 9.17) is 27.9 Å². The van der Waals surface area contributed by atoms with Gasteiger partial charge in [0.2, 0.25) is 0 Å². The van der Waals surface area contributed by atoms with Crippen LogP contribution in [-0.4, -0.2) is 49.8 Å². The third-order valence-corrected chi connectivity index (χ3v) is 5.29. The van der Waals surface area contributed by atoms with Crippen molar-refractivity contribution in [1.82, 2.24) is 25.0 Å². The maximum Gasteiger partial charge on any atom is 0.413 e. The van der Waals surface area contributed by atoms with Gasteiger partial charge in [-0.25, -0.2) is 14.5 Å². The summed E-state index contributed by atoms with van der Waals surface area (Å²) in [6, 6.07) is 6.26. The number of carbonyl (C=O) groups excluding carboxylic acids is 2. The van der Waals surface area contributed by atoms with Crippen LogP contribution >= 0.6 is 23.2 Å². The second kappa shape index (κ2) is 12.0. The molecule has 36 heavy (non-hydrogen) atoms. The number of hydrogen-bond acceptors (Lipinski definition) is 8. The van der Waals surface area contributed by atoms with E-state index in [1.165, 1.54) is 23.1 Å². The molecule has 0 aliphatic heterocycles. The molecule has 1 atom stereocenters. The van der Waals surface area contributed by atoms with Gasteiger partial charge >= 0.3 is 6.09 Å². The van der Waals surface area contributed by atoms with Crippen LogP contribution in [-0.2, 0) is 11.8 Å². The molecule has 3 heterocycles. The molecule has 0 aliphatic rings. The van der Waals surface area contributed by atoms with E-state index in [0.717, 1.165) is 0 Å². The lowest BCUT2D eigenvalue weighted by atomic mass is 10.1. The third kappa shape index (κ3) is 6.52. The molecular formula is C23H22Cl2N8O3. The fourth-order valence-electron chi connectivity index (χ4n) is 3.02. The summed E-state index contributed by atoms with van der Waals surface area (Å²) in [5.74, 6) is -0.113. The fourth-order valence-corrected chi connectivity index (χ4v) is 3.41. The number of allylic oxidation sites excluding steroid dienone is 1.